The van der Waals surface area contributed by atoms with Gasteiger partial charge in [0, 0.05) is 45.6 Å². The summed E-state index contributed by atoms with van der Waals surface area (Å²) >= 11 is 0. The Morgan fingerprint density at radius 3 is 2.62 bits per heavy atom. The van der Waals surface area contributed by atoms with Gasteiger partial charge in [0.25, 0.3) is 5.56 Å². The van der Waals surface area contributed by atoms with Crippen molar-refractivity contribution >= 4 is 23.1 Å². The van der Waals surface area contributed by atoms with Gasteiger partial charge in [0.2, 0.25) is 0 Å². The fourth-order valence-electron chi connectivity index (χ4n) is 3.81. The lowest BCUT2D eigenvalue weighted by Crippen LogP contribution is -2.47. The topological polar surface area (TPSA) is 87.8 Å². The summed E-state index contributed by atoms with van der Waals surface area (Å²) in [5, 5.41) is 2.34. The first-order valence-electron chi connectivity index (χ1n) is 9.98. The highest BCUT2D eigenvalue weighted by Gasteiger charge is 2.32. The molecule has 4 rings (SSSR count). The highest BCUT2D eigenvalue weighted by molar-refractivity contribution is 5.89. The molecule has 0 saturated carbocycles. The first kappa shape index (κ1) is 21.7. The summed E-state index contributed by atoms with van der Waals surface area (Å²) < 4.78 is 41.8. The highest BCUT2D eigenvalue weighted by atomic mass is 19.4. The minimum atomic E-state index is -4.63. The van der Waals surface area contributed by atoms with E-state index in [0.717, 1.165) is 15.9 Å². The van der Waals surface area contributed by atoms with Crippen molar-refractivity contribution in [1.82, 2.24) is 23.8 Å². The number of aromatic nitrogens is 4. The van der Waals surface area contributed by atoms with Crippen LogP contribution >= 0.6 is 0 Å². The molecule has 4 heterocycles. The zero-order chi connectivity index (χ0) is 23.0. The number of alkyl halides is 3. The molecule has 1 fully saturated rings. The number of rotatable bonds is 3. The summed E-state index contributed by atoms with van der Waals surface area (Å²) in [6.45, 7) is 1.35. The largest absolute Gasteiger partial charge is 0.417 e. The number of aryl methyl sites for hydroxylation is 1. The monoisotopic (exact) mass is 449 g/mol. The number of anilines is 2. The van der Waals surface area contributed by atoms with E-state index >= 15 is 0 Å². The molecule has 0 aromatic carbocycles. The Hall–Kier alpha value is -3.57. The van der Waals surface area contributed by atoms with E-state index in [-0.39, 0.29) is 6.04 Å². The second-order valence-corrected chi connectivity index (χ2v) is 7.79. The van der Waals surface area contributed by atoms with Crippen LogP contribution in [0.4, 0.5) is 29.3 Å². The third-order valence-electron chi connectivity index (χ3n) is 5.70. The number of imidazole rings is 1. The van der Waals surface area contributed by atoms with Crippen LogP contribution in [0.1, 0.15) is 18.4 Å². The number of halogens is 3. The van der Waals surface area contributed by atoms with Gasteiger partial charge in [0.1, 0.15) is 12.0 Å². The van der Waals surface area contributed by atoms with Gasteiger partial charge in [-0.2, -0.15) is 13.2 Å². The van der Waals surface area contributed by atoms with Crippen LogP contribution < -0.4 is 15.8 Å². The molecular formula is C20H22F3N7O2. The van der Waals surface area contributed by atoms with E-state index in [1.807, 2.05) is 10.6 Å². The van der Waals surface area contributed by atoms with Crippen LogP contribution in [0.3, 0.4) is 0 Å². The fourth-order valence-corrected chi connectivity index (χ4v) is 3.81. The smallest absolute Gasteiger partial charge is 0.369 e. The van der Waals surface area contributed by atoms with Crippen molar-refractivity contribution < 1.29 is 18.0 Å². The minimum Gasteiger partial charge on any atom is -0.369 e. The molecule has 1 N–H and O–H groups in total. The van der Waals surface area contributed by atoms with Crippen molar-refractivity contribution in [2.45, 2.75) is 25.1 Å². The molecule has 2 amide bonds. The molecule has 1 saturated heterocycles. The standard InChI is InChI=1S/C20H22F3N7O2/c1-27-10-13(20(21,22)23)7-16(18(27)31)26-19(32)28(2)14-3-5-29(6-4-14)15-8-25-17-9-24-12-30(17)11-15/h7-12,14H,3-6H2,1-2H3,(H,26,32). The van der Waals surface area contributed by atoms with Crippen LogP contribution in [0.5, 0.6) is 0 Å². The van der Waals surface area contributed by atoms with Crippen LogP contribution in [0.2, 0.25) is 0 Å². The van der Waals surface area contributed by atoms with E-state index in [1.165, 1.54) is 11.9 Å². The molecule has 0 bridgehead atoms. The van der Waals surface area contributed by atoms with Gasteiger partial charge < -0.3 is 19.7 Å². The van der Waals surface area contributed by atoms with Crippen molar-refractivity contribution in [3.8, 4) is 0 Å². The molecule has 0 aliphatic carbocycles. The predicted molar refractivity (Wildman–Crippen MR) is 112 cm³/mol. The Morgan fingerprint density at radius 2 is 1.94 bits per heavy atom. The number of pyridine rings is 1. The van der Waals surface area contributed by atoms with Crippen molar-refractivity contribution in [3.05, 3.63) is 53.1 Å². The molecule has 1 aliphatic rings. The fraction of sp³-hybridized carbons (Fsp3) is 0.400. The van der Waals surface area contributed by atoms with E-state index in [2.05, 4.69) is 20.2 Å². The first-order chi connectivity index (χ1) is 15.1. The number of hydrogen-bond donors (Lipinski definition) is 1. The Labute approximate surface area is 181 Å². The lowest BCUT2D eigenvalue weighted by molar-refractivity contribution is -0.138. The van der Waals surface area contributed by atoms with Gasteiger partial charge in [-0.3, -0.25) is 9.20 Å². The summed E-state index contributed by atoms with van der Waals surface area (Å²) in [5.41, 5.74) is -0.433. The number of nitrogens with zero attached hydrogens (tertiary/aromatic N) is 6. The number of carbonyl (C=O) groups excluding carboxylic acids is 1. The van der Waals surface area contributed by atoms with E-state index in [4.69, 9.17) is 0 Å². The molecule has 1 aliphatic heterocycles. The summed E-state index contributed by atoms with van der Waals surface area (Å²) in [6, 6.07) is -0.0807. The molecule has 0 atom stereocenters. The second kappa shape index (κ2) is 8.17. The Bertz CT molecular complexity index is 1200. The van der Waals surface area contributed by atoms with Crippen molar-refractivity contribution in [2.24, 2.45) is 7.05 Å². The minimum absolute atomic E-state index is 0.120. The molecule has 12 heteroatoms. The van der Waals surface area contributed by atoms with Gasteiger partial charge in [-0.05, 0) is 18.9 Å². The highest BCUT2D eigenvalue weighted by Crippen LogP contribution is 2.29. The molecule has 0 radical (unpaired) electrons. The van der Waals surface area contributed by atoms with Crippen LogP contribution in [-0.4, -0.2) is 56.0 Å². The first-order valence-corrected chi connectivity index (χ1v) is 9.98. The van der Waals surface area contributed by atoms with Gasteiger partial charge in [0.05, 0.1) is 23.6 Å². The summed E-state index contributed by atoms with van der Waals surface area (Å²) in [7, 11) is 2.79. The number of fused-ring (bicyclic) bond motifs is 1. The maximum absolute atomic E-state index is 13.1. The van der Waals surface area contributed by atoms with Crippen LogP contribution in [0.25, 0.3) is 5.65 Å². The van der Waals surface area contributed by atoms with E-state index in [9.17, 15) is 22.8 Å². The third-order valence-corrected chi connectivity index (χ3v) is 5.70. The number of nitrogens with one attached hydrogen (secondary N) is 1. The maximum Gasteiger partial charge on any atom is 0.417 e. The molecule has 3 aromatic heterocycles. The average molecular weight is 449 g/mol. The third kappa shape index (κ3) is 4.25. The number of piperidine rings is 1. The molecule has 3 aromatic rings. The molecule has 9 nitrogen and oxygen atoms in total. The van der Waals surface area contributed by atoms with Gasteiger partial charge in [0.15, 0.2) is 5.65 Å². The molecule has 0 spiro atoms. The van der Waals surface area contributed by atoms with Crippen molar-refractivity contribution in [2.75, 3.05) is 30.4 Å². The van der Waals surface area contributed by atoms with Crippen molar-refractivity contribution in [1.29, 1.82) is 0 Å². The zero-order valence-electron chi connectivity index (χ0n) is 17.5. The van der Waals surface area contributed by atoms with Crippen LogP contribution in [0, 0.1) is 0 Å². The summed E-state index contributed by atoms with van der Waals surface area (Å²) in [6.07, 6.45) is 4.45. The average Bonchev–Trinajstić information content (AvgIpc) is 3.23. The van der Waals surface area contributed by atoms with E-state index in [1.54, 1.807) is 25.8 Å². The lowest BCUT2D eigenvalue weighted by Gasteiger charge is -2.37. The Morgan fingerprint density at radius 1 is 1.22 bits per heavy atom. The van der Waals surface area contributed by atoms with Gasteiger partial charge >= 0.3 is 12.2 Å². The predicted octanol–water partition coefficient (Wildman–Crippen LogP) is 2.58. The number of hydrogen-bond acceptors (Lipinski definition) is 5. The maximum atomic E-state index is 13.1. The number of amides is 2. The Kier molecular flexibility index (Phi) is 5.53. The van der Waals surface area contributed by atoms with E-state index < -0.39 is 29.0 Å². The molecular weight excluding hydrogens is 427 g/mol. The second-order valence-electron chi connectivity index (χ2n) is 7.79. The summed E-state index contributed by atoms with van der Waals surface area (Å²) in [5.74, 6) is 0. The van der Waals surface area contributed by atoms with Gasteiger partial charge in [-0.15, -0.1) is 0 Å². The van der Waals surface area contributed by atoms with Crippen LogP contribution in [-0.2, 0) is 13.2 Å². The summed E-state index contributed by atoms with van der Waals surface area (Å²) in [4.78, 5) is 36.9. The lowest BCUT2D eigenvalue weighted by atomic mass is 10.0. The van der Waals surface area contributed by atoms with Crippen molar-refractivity contribution in [3.63, 3.8) is 0 Å². The zero-order valence-corrected chi connectivity index (χ0v) is 17.5. The van der Waals surface area contributed by atoms with Crippen LogP contribution in [0.15, 0.2) is 42.0 Å². The normalized spacial score (nSPS) is 15.2. The Balaban J connectivity index is 1.41. The van der Waals surface area contributed by atoms with Gasteiger partial charge in [-0.25, -0.2) is 14.8 Å². The quantitative estimate of drug-likeness (QED) is 0.664. The van der Waals surface area contributed by atoms with E-state index in [0.29, 0.717) is 38.2 Å². The molecule has 0 unspecified atom stereocenters. The SMILES string of the molecule is CN(C(=O)Nc1cc(C(F)(F)F)cn(C)c1=O)C1CCN(c2cnc3cncn3c2)CC1. The molecule has 170 valence electrons. The number of urea groups is 1. The number of carbonyl (C=O) groups is 1. The van der Waals surface area contributed by atoms with Gasteiger partial charge in [-0.1, -0.05) is 0 Å². The molecule has 32 heavy (non-hydrogen) atoms.